The Hall–Kier alpha value is -0.0900. The molecule has 9 heavy (non-hydrogen) atoms. The first-order valence-corrected chi connectivity index (χ1v) is 4.60. The van der Waals surface area contributed by atoms with E-state index in [1.807, 2.05) is 0 Å². The Morgan fingerprint density at radius 2 is 2.22 bits per heavy atom. The first-order chi connectivity index (χ1) is 4.13. The van der Waals surface area contributed by atoms with E-state index in [4.69, 9.17) is 0 Å². The van der Waals surface area contributed by atoms with E-state index in [0.29, 0.717) is 13.1 Å². The summed E-state index contributed by atoms with van der Waals surface area (Å²) in [4.78, 5) is 0. The third-order valence-electron chi connectivity index (χ3n) is 1.44. The van der Waals surface area contributed by atoms with Gasteiger partial charge < -0.3 is 5.32 Å². The maximum Gasteiger partial charge on any atom is 0.155 e. The van der Waals surface area contributed by atoms with Gasteiger partial charge in [-0.25, -0.2) is 8.42 Å². The second kappa shape index (κ2) is 2.27. The standard InChI is InChI=1S/C5H10NO2S/c1-5-4-6-2-3-9(5,7)8/h5-6H,1-4H2. The molecule has 0 amide bonds. The summed E-state index contributed by atoms with van der Waals surface area (Å²) in [5, 5.41) is 2.51. The molecule has 1 radical (unpaired) electrons. The topological polar surface area (TPSA) is 46.2 Å². The van der Waals surface area contributed by atoms with Crippen LogP contribution in [0.2, 0.25) is 0 Å². The number of hydrogen-bond acceptors (Lipinski definition) is 3. The molecule has 0 bridgehead atoms. The van der Waals surface area contributed by atoms with Gasteiger partial charge in [0.1, 0.15) is 0 Å². The lowest BCUT2D eigenvalue weighted by Crippen LogP contribution is -2.42. The van der Waals surface area contributed by atoms with Crippen LogP contribution in [-0.2, 0) is 9.84 Å². The molecule has 1 unspecified atom stereocenters. The van der Waals surface area contributed by atoms with Gasteiger partial charge in [0, 0.05) is 13.1 Å². The summed E-state index contributed by atoms with van der Waals surface area (Å²) in [7, 11) is -2.84. The van der Waals surface area contributed by atoms with Crippen LogP contribution in [0.4, 0.5) is 0 Å². The van der Waals surface area contributed by atoms with Crippen LogP contribution in [0.1, 0.15) is 0 Å². The minimum Gasteiger partial charge on any atom is -0.314 e. The summed E-state index contributed by atoms with van der Waals surface area (Å²) in [6.07, 6.45) is 0. The van der Waals surface area contributed by atoms with Crippen molar-refractivity contribution in [1.29, 1.82) is 0 Å². The van der Waals surface area contributed by atoms with Crippen LogP contribution in [0, 0.1) is 6.92 Å². The van der Waals surface area contributed by atoms with Gasteiger partial charge >= 0.3 is 0 Å². The monoisotopic (exact) mass is 148 g/mol. The van der Waals surface area contributed by atoms with E-state index in [1.165, 1.54) is 0 Å². The minimum absolute atomic E-state index is 0.237. The highest BCUT2D eigenvalue weighted by molar-refractivity contribution is 7.92. The highest BCUT2D eigenvalue weighted by atomic mass is 32.2. The summed E-state index contributed by atoms with van der Waals surface area (Å²) in [5.41, 5.74) is 0. The molecule has 0 aromatic rings. The van der Waals surface area contributed by atoms with Gasteiger partial charge in [0.25, 0.3) is 0 Å². The molecule has 1 rings (SSSR count). The predicted octanol–water partition coefficient (Wildman–Crippen LogP) is -0.793. The van der Waals surface area contributed by atoms with E-state index < -0.39 is 15.1 Å². The molecule has 0 aliphatic carbocycles. The summed E-state index contributed by atoms with van der Waals surface area (Å²) in [6.45, 7) is 4.58. The average Bonchev–Trinajstić information content (AvgIpc) is 1.77. The zero-order chi connectivity index (χ0) is 6.91. The number of nitrogens with one attached hydrogen (secondary N) is 1. The quantitative estimate of drug-likeness (QED) is 0.489. The van der Waals surface area contributed by atoms with Crippen molar-refractivity contribution in [2.45, 2.75) is 5.25 Å². The lowest BCUT2D eigenvalue weighted by Gasteiger charge is -2.18. The molecule has 0 aromatic heterocycles. The molecular formula is C5H10NO2S. The van der Waals surface area contributed by atoms with Crippen LogP contribution in [-0.4, -0.2) is 32.5 Å². The molecule has 1 atom stereocenters. The lowest BCUT2D eigenvalue weighted by atomic mass is 10.4. The third-order valence-corrected chi connectivity index (χ3v) is 3.40. The van der Waals surface area contributed by atoms with Gasteiger partial charge in [0.15, 0.2) is 9.84 Å². The van der Waals surface area contributed by atoms with Crippen molar-refractivity contribution >= 4 is 9.84 Å². The second-order valence-corrected chi connectivity index (χ2v) is 4.59. The lowest BCUT2D eigenvalue weighted by molar-refractivity contribution is 0.563. The predicted molar refractivity (Wildman–Crippen MR) is 35.8 cm³/mol. The van der Waals surface area contributed by atoms with Crippen LogP contribution in [0.15, 0.2) is 0 Å². The zero-order valence-corrected chi connectivity index (χ0v) is 5.95. The fraction of sp³-hybridized carbons (Fsp3) is 0.800. The van der Waals surface area contributed by atoms with Crippen molar-refractivity contribution < 1.29 is 8.42 Å². The van der Waals surface area contributed by atoms with Crippen molar-refractivity contribution in [2.24, 2.45) is 0 Å². The maximum absolute atomic E-state index is 10.9. The maximum atomic E-state index is 10.9. The molecule has 4 heteroatoms. The largest absolute Gasteiger partial charge is 0.314 e. The van der Waals surface area contributed by atoms with Gasteiger partial charge in [0.2, 0.25) is 0 Å². The van der Waals surface area contributed by atoms with Crippen molar-refractivity contribution in [3.63, 3.8) is 0 Å². The summed E-state index contributed by atoms with van der Waals surface area (Å²) in [6, 6.07) is 0. The zero-order valence-electron chi connectivity index (χ0n) is 5.13. The molecule has 1 aliphatic rings. The Labute approximate surface area is 55.4 Å². The van der Waals surface area contributed by atoms with Crippen molar-refractivity contribution in [2.75, 3.05) is 18.8 Å². The van der Waals surface area contributed by atoms with Crippen molar-refractivity contribution in [1.82, 2.24) is 5.32 Å². The van der Waals surface area contributed by atoms with E-state index in [-0.39, 0.29) is 5.75 Å². The van der Waals surface area contributed by atoms with Crippen LogP contribution < -0.4 is 5.32 Å². The molecule has 1 heterocycles. The van der Waals surface area contributed by atoms with Gasteiger partial charge in [-0.3, -0.25) is 0 Å². The van der Waals surface area contributed by atoms with Gasteiger partial charge in [-0.05, 0) is 6.92 Å². The van der Waals surface area contributed by atoms with E-state index in [0.717, 1.165) is 0 Å². The molecule has 0 saturated carbocycles. The Morgan fingerprint density at radius 1 is 1.56 bits per heavy atom. The fourth-order valence-corrected chi connectivity index (χ4v) is 1.91. The Bertz CT molecular complexity index is 185. The van der Waals surface area contributed by atoms with Gasteiger partial charge in [-0.15, -0.1) is 0 Å². The number of hydrogen-bond donors (Lipinski definition) is 1. The smallest absolute Gasteiger partial charge is 0.155 e. The Balaban J connectivity index is 2.72. The Morgan fingerprint density at radius 3 is 2.56 bits per heavy atom. The van der Waals surface area contributed by atoms with Gasteiger partial charge in [-0.1, -0.05) is 0 Å². The van der Waals surface area contributed by atoms with Crippen LogP contribution in [0.3, 0.4) is 0 Å². The Kier molecular flexibility index (Phi) is 1.77. The van der Waals surface area contributed by atoms with Crippen LogP contribution in [0.5, 0.6) is 0 Å². The first-order valence-electron chi connectivity index (χ1n) is 2.88. The van der Waals surface area contributed by atoms with E-state index in [2.05, 4.69) is 12.2 Å². The molecule has 53 valence electrons. The fourth-order valence-electron chi connectivity index (χ4n) is 0.771. The SMILES string of the molecule is [CH2]C1CNCCS1(=O)=O. The van der Waals surface area contributed by atoms with E-state index in [1.54, 1.807) is 0 Å². The van der Waals surface area contributed by atoms with Gasteiger partial charge in [0.05, 0.1) is 11.0 Å². The molecule has 0 aromatic carbocycles. The molecule has 3 nitrogen and oxygen atoms in total. The molecular weight excluding hydrogens is 138 g/mol. The van der Waals surface area contributed by atoms with Crippen LogP contribution in [0.25, 0.3) is 0 Å². The van der Waals surface area contributed by atoms with Crippen LogP contribution >= 0.6 is 0 Å². The van der Waals surface area contributed by atoms with Gasteiger partial charge in [-0.2, -0.15) is 0 Å². The first kappa shape index (κ1) is 7.02. The van der Waals surface area contributed by atoms with Crippen molar-refractivity contribution in [3.05, 3.63) is 6.92 Å². The molecule has 0 spiro atoms. The van der Waals surface area contributed by atoms with Crippen molar-refractivity contribution in [3.8, 4) is 0 Å². The van der Waals surface area contributed by atoms with E-state index >= 15 is 0 Å². The number of rotatable bonds is 0. The molecule has 1 N–H and O–H groups in total. The molecule has 1 saturated heterocycles. The summed E-state index contributed by atoms with van der Waals surface area (Å²) < 4.78 is 21.8. The summed E-state index contributed by atoms with van der Waals surface area (Å²) in [5.74, 6) is 0.237. The number of sulfone groups is 1. The third kappa shape index (κ3) is 1.43. The minimum atomic E-state index is -2.84. The highest BCUT2D eigenvalue weighted by Gasteiger charge is 2.23. The summed E-state index contributed by atoms with van der Waals surface area (Å²) >= 11 is 0. The highest BCUT2D eigenvalue weighted by Crippen LogP contribution is 2.02. The molecule has 1 fully saturated rings. The second-order valence-electron chi connectivity index (χ2n) is 2.19. The molecule has 1 aliphatic heterocycles. The normalized spacial score (nSPS) is 34.1. The average molecular weight is 148 g/mol. The van der Waals surface area contributed by atoms with E-state index in [9.17, 15) is 8.42 Å².